The highest BCUT2D eigenvalue weighted by atomic mass is 16.2. The lowest BCUT2D eigenvalue weighted by Gasteiger charge is -2.34. The van der Waals surface area contributed by atoms with Gasteiger partial charge < -0.3 is 10.2 Å². The van der Waals surface area contributed by atoms with Gasteiger partial charge in [-0.15, -0.1) is 0 Å². The molecule has 0 radical (unpaired) electrons. The minimum atomic E-state index is -0.966. The van der Waals surface area contributed by atoms with Gasteiger partial charge >= 0.3 is 0 Å². The highest BCUT2D eigenvalue weighted by molar-refractivity contribution is 6.23. The molecule has 9 nitrogen and oxygen atoms in total. The van der Waals surface area contributed by atoms with Crippen molar-refractivity contribution in [1.29, 1.82) is 0 Å². The van der Waals surface area contributed by atoms with Crippen LogP contribution in [0, 0.1) is 5.92 Å². The summed E-state index contributed by atoms with van der Waals surface area (Å²) in [6.45, 7) is 1.39. The SMILES string of the molecule is O=C1CCC(N2C(=O)c3ccc(N4CCC(C(=O)NC5CCCCC5)CC4)cc3C2=O)C(=O)N1. The van der Waals surface area contributed by atoms with Crippen LogP contribution in [0.5, 0.6) is 0 Å². The van der Waals surface area contributed by atoms with E-state index in [-0.39, 0.29) is 35.8 Å². The molecule has 2 N–H and O–H groups in total. The van der Waals surface area contributed by atoms with Gasteiger partial charge in [-0.05, 0) is 50.3 Å². The van der Waals surface area contributed by atoms with E-state index in [2.05, 4.69) is 15.5 Å². The minimum absolute atomic E-state index is 0.00108. The summed E-state index contributed by atoms with van der Waals surface area (Å²) < 4.78 is 0. The maximum absolute atomic E-state index is 13.1. The Morgan fingerprint density at radius 1 is 0.882 bits per heavy atom. The summed E-state index contributed by atoms with van der Waals surface area (Å²) in [5.74, 6) is -1.85. The largest absolute Gasteiger partial charge is 0.371 e. The monoisotopic (exact) mass is 466 g/mol. The van der Waals surface area contributed by atoms with E-state index in [0.29, 0.717) is 19.1 Å². The molecule has 1 aromatic rings. The van der Waals surface area contributed by atoms with E-state index in [1.54, 1.807) is 12.1 Å². The molecule has 1 unspecified atom stereocenters. The number of carbonyl (C=O) groups is 5. The van der Waals surface area contributed by atoms with Crippen LogP contribution in [-0.4, -0.2) is 59.6 Å². The predicted molar refractivity (Wildman–Crippen MR) is 123 cm³/mol. The lowest BCUT2D eigenvalue weighted by molar-refractivity contribution is -0.136. The first kappa shape index (κ1) is 22.6. The molecule has 5 rings (SSSR count). The quantitative estimate of drug-likeness (QED) is 0.654. The number of nitrogens with one attached hydrogen (secondary N) is 2. The Hall–Kier alpha value is -3.23. The van der Waals surface area contributed by atoms with Gasteiger partial charge in [-0.25, -0.2) is 0 Å². The molecule has 1 aromatic carbocycles. The van der Waals surface area contributed by atoms with Crippen molar-refractivity contribution in [3.63, 3.8) is 0 Å². The van der Waals surface area contributed by atoms with E-state index in [0.717, 1.165) is 36.3 Å². The van der Waals surface area contributed by atoms with Gasteiger partial charge in [0.25, 0.3) is 11.8 Å². The van der Waals surface area contributed by atoms with Gasteiger partial charge in [-0.1, -0.05) is 19.3 Å². The van der Waals surface area contributed by atoms with Gasteiger partial charge in [0.1, 0.15) is 6.04 Å². The zero-order valence-corrected chi connectivity index (χ0v) is 19.2. The molecule has 0 aromatic heterocycles. The fourth-order valence-corrected chi connectivity index (χ4v) is 5.62. The first-order valence-corrected chi connectivity index (χ1v) is 12.3. The number of carbonyl (C=O) groups excluding carboxylic acids is 5. The first-order chi connectivity index (χ1) is 16.4. The van der Waals surface area contributed by atoms with Crippen LogP contribution >= 0.6 is 0 Å². The summed E-state index contributed by atoms with van der Waals surface area (Å²) in [6.07, 6.45) is 7.48. The van der Waals surface area contributed by atoms with E-state index >= 15 is 0 Å². The molecule has 4 aliphatic rings. The summed E-state index contributed by atoms with van der Waals surface area (Å²) in [7, 11) is 0. The molecule has 1 atom stereocenters. The third kappa shape index (κ3) is 4.19. The molecule has 34 heavy (non-hydrogen) atoms. The van der Waals surface area contributed by atoms with Crippen molar-refractivity contribution >= 4 is 35.2 Å². The number of hydrogen-bond acceptors (Lipinski definition) is 6. The third-order valence-electron chi connectivity index (χ3n) is 7.61. The molecular formula is C25H30N4O5. The molecule has 9 heteroatoms. The predicted octanol–water partition coefficient (Wildman–Crippen LogP) is 1.75. The van der Waals surface area contributed by atoms with Gasteiger partial charge in [0.2, 0.25) is 17.7 Å². The number of rotatable bonds is 4. The standard InChI is InChI=1S/C25H30N4O5/c30-21-9-8-20(23(32)27-21)29-24(33)18-7-6-17(14-19(18)25(29)34)28-12-10-15(11-13-28)22(31)26-16-4-2-1-3-5-16/h6-7,14-16,20H,1-5,8-13H2,(H,26,31)(H,27,30,32). The molecule has 2 saturated heterocycles. The molecule has 0 bridgehead atoms. The van der Waals surface area contributed by atoms with Gasteiger partial charge in [0, 0.05) is 37.2 Å². The van der Waals surface area contributed by atoms with Crippen molar-refractivity contribution in [3.8, 4) is 0 Å². The first-order valence-electron chi connectivity index (χ1n) is 12.3. The van der Waals surface area contributed by atoms with Crippen LogP contribution in [0.1, 0.15) is 78.5 Å². The Balaban J connectivity index is 1.23. The Labute approximate surface area is 198 Å². The van der Waals surface area contributed by atoms with Crippen molar-refractivity contribution in [2.24, 2.45) is 5.92 Å². The van der Waals surface area contributed by atoms with E-state index < -0.39 is 29.7 Å². The lowest BCUT2D eigenvalue weighted by Crippen LogP contribution is -2.54. The molecule has 0 spiro atoms. The summed E-state index contributed by atoms with van der Waals surface area (Å²) in [5, 5.41) is 5.44. The second-order valence-corrected chi connectivity index (χ2v) is 9.78. The average Bonchev–Trinajstić information content (AvgIpc) is 3.09. The Morgan fingerprint density at radius 2 is 1.59 bits per heavy atom. The minimum Gasteiger partial charge on any atom is -0.371 e. The normalized spacial score (nSPS) is 24.3. The number of hydrogen-bond donors (Lipinski definition) is 2. The van der Waals surface area contributed by atoms with Crippen LogP contribution in [0.25, 0.3) is 0 Å². The highest BCUT2D eigenvalue weighted by Gasteiger charge is 2.44. The summed E-state index contributed by atoms with van der Waals surface area (Å²) in [4.78, 5) is 65.5. The van der Waals surface area contributed by atoms with Crippen LogP contribution in [0.2, 0.25) is 0 Å². The number of fused-ring (bicyclic) bond motifs is 1. The maximum atomic E-state index is 13.1. The smallest absolute Gasteiger partial charge is 0.262 e. The van der Waals surface area contributed by atoms with Crippen LogP contribution in [0.4, 0.5) is 5.69 Å². The maximum Gasteiger partial charge on any atom is 0.262 e. The number of nitrogens with zero attached hydrogens (tertiary/aromatic N) is 2. The van der Waals surface area contributed by atoms with Crippen molar-refractivity contribution < 1.29 is 24.0 Å². The average molecular weight is 467 g/mol. The molecule has 1 saturated carbocycles. The van der Waals surface area contributed by atoms with Crippen molar-refractivity contribution in [2.75, 3.05) is 18.0 Å². The van der Waals surface area contributed by atoms with Gasteiger partial charge in [0.05, 0.1) is 11.1 Å². The van der Waals surface area contributed by atoms with E-state index in [4.69, 9.17) is 0 Å². The number of amides is 5. The van der Waals surface area contributed by atoms with Crippen LogP contribution in [0.15, 0.2) is 18.2 Å². The summed E-state index contributed by atoms with van der Waals surface area (Å²) in [6, 6.07) is 4.52. The Morgan fingerprint density at radius 3 is 2.29 bits per heavy atom. The molecular weight excluding hydrogens is 436 g/mol. The third-order valence-corrected chi connectivity index (χ3v) is 7.61. The molecule has 180 valence electrons. The number of imide groups is 2. The zero-order valence-electron chi connectivity index (χ0n) is 19.2. The zero-order chi connectivity index (χ0) is 23.8. The molecule has 3 fully saturated rings. The van der Waals surface area contributed by atoms with E-state index in [1.165, 1.54) is 19.3 Å². The van der Waals surface area contributed by atoms with Crippen LogP contribution in [0.3, 0.4) is 0 Å². The fourth-order valence-electron chi connectivity index (χ4n) is 5.62. The van der Waals surface area contributed by atoms with E-state index in [9.17, 15) is 24.0 Å². The Kier molecular flexibility index (Phi) is 6.10. The summed E-state index contributed by atoms with van der Waals surface area (Å²) >= 11 is 0. The number of piperidine rings is 2. The number of anilines is 1. The Bertz CT molecular complexity index is 1040. The van der Waals surface area contributed by atoms with Crippen molar-refractivity contribution in [3.05, 3.63) is 29.3 Å². The highest BCUT2D eigenvalue weighted by Crippen LogP contribution is 2.32. The van der Waals surface area contributed by atoms with E-state index in [1.807, 2.05) is 6.07 Å². The molecule has 3 heterocycles. The molecule has 5 amide bonds. The van der Waals surface area contributed by atoms with Crippen LogP contribution < -0.4 is 15.5 Å². The topological polar surface area (TPSA) is 116 Å². The summed E-state index contributed by atoms with van der Waals surface area (Å²) in [5.41, 5.74) is 1.39. The van der Waals surface area contributed by atoms with Crippen molar-refractivity contribution in [1.82, 2.24) is 15.5 Å². The van der Waals surface area contributed by atoms with Crippen molar-refractivity contribution in [2.45, 2.75) is 69.9 Å². The second kappa shape index (κ2) is 9.19. The second-order valence-electron chi connectivity index (χ2n) is 9.78. The van der Waals surface area contributed by atoms with Crippen LogP contribution in [-0.2, 0) is 14.4 Å². The van der Waals surface area contributed by atoms with Gasteiger partial charge in [-0.3, -0.25) is 34.2 Å². The lowest BCUT2D eigenvalue weighted by atomic mass is 9.92. The van der Waals surface area contributed by atoms with Gasteiger partial charge in [0.15, 0.2) is 0 Å². The van der Waals surface area contributed by atoms with Gasteiger partial charge in [-0.2, -0.15) is 0 Å². The fraction of sp³-hybridized carbons (Fsp3) is 0.560. The number of benzene rings is 1. The molecule has 3 aliphatic heterocycles. The molecule has 1 aliphatic carbocycles.